The fourth-order valence-electron chi connectivity index (χ4n) is 0. The second-order valence-corrected chi connectivity index (χ2v) is 2.17. The Morgan fingerprint density at radius 3 is 1.75 bits per heavy atom. The van der Waals surface area contributed by atoms with Gasteiger partial charge < -0.3 is 0 Å². The molecule has 4 heteroatoms. The average Bonchev–Trinajstić information content (AvgIpc) is 1.69. The second-order valence-electron chi connectivity index (χ2n) is 0.873. The van der Waals surface area contributed by atoms with E-state index in [1.165, 1.54) is 6.92 Å². The van der Waals surface area contributed by atoms with Crippen LogP contribution in [0.5, 0.6) is 0 Å². The normalized spacial score (nSPS) is 6.75. The van der Waals surface area contributed by atoms with Crippen LogP contribution in [0.1, 0.15) is 13.8 Å². The minimum atomic E-state index is -2.10. The van der Waals surface area contributed by atoms with Gasteiger partial charge in [0.2, 0.25) is 0 Å². The number of hydrogen-bond acceptors (Lipinski definition) is 3. The van der Waals surface area contributed by atoms with Crippen molar-refractivity contribution in [2.45, 2.75) is 13.8 Å². The summed E-state index contributed by atoms with van der Waals surface area (Å²) in [6.07, 6.45) is 0. The Hall–Kier alpha value is -0.560. The van der Waals surface area contributed by atoms with Crippen molar-refractivity contribution in [3.63, 3.8) is 0 Å². The predicted octanol–water partition coefficient (Wildman–Crippen LogP) is 0.148. The lowest BCUT2D eigenvalue weighted by Crippen LogP contribution is -1.73. The molecule has 0 rings (SSSR count). The van der Waals surface area contributed by atoms with Gasteiger partial charge in [-0.1, -0.05) is 6.92 Å². The number of nitrogens with zero attached hydrogens (tertiary/aromatic N) is 1. The molecule has 0 aliphatic heterocycles. The summed E-state index contributed by atoms with van der Waals surface area (Å²) in [4.78, 5) is 0. The van der Waals surface area contributed by atoms with E-state index in [1.807, 2.05) is 0 Å². The summed E-state index contributed by atoms with van der Waals surface area (Å²) in [6, 6.07) is 1.75. The molecule has 0 aromatic carbocycles. The third-order valence-electron chi connectivity index (χ3n) is 0.258. The van der Waals surface area contributed by atoms with Crippen LogP contribution >= 0.6 is 0 Å². The SMILES string of the molecule is CC#N.CC[SH](=O)=O. The van der Waals surface area contributed by atoms with Gasteiger partial charge in [-0.05, 0) is 0 Å². The van der Waals surface area contributed by atoms with Gasteiger partial charge in [-0.15, -0.1) is 0 Å². The fourth-order valence-corrected chi connectivity index (χ4v) is 0. The molecule has 0 heterocycles. The summed E-state index contributed by atoms with van der Waals surface area (Å²) in [7, 11) is -2.10. The summed E-state index contributed by atoms with van der Waals surface area (Å²) >= 11 is 0. The van der Waals surface area contributed by atoms with Crippen molar-refractivity contribution in [3.8, 4) is 6.07 Å². The van der Waals surface area contributed by atoms with Crippen LogP contribution in [0.3, 0.4) is 0 Å². The van der Waals surface area contributed by atoms with Crippen LogP contribution < -0.4 is 0 Å². The van der Waals surface area contributed by atoms with E-state index >= 15 is 0 Å². The Morgan fingerprint density at radius 1 is 1.62 bits per heavy atom. The Bertz CT molecular complexity index is 125. The molecule has 0 fully saturated rings. The fraction of sp³-hybridized carbons (Fsp3) is 0.750. The molecule has 48 valence electrons. The van der Waals surface area contributed by atoms with Crippen molar-refractivity contribution in [3.05, 3.63) is 0 Å². The molecule has 0 spiro atoms. The Morgan fingerprint density at radius 2 is 1.75 bits per heavy atom. The highest BCUT2D eigenvalue weighted by molar-refractivity contribution is 7.72. The van der Waals surface area contributed by atoms with E-state index in [2.05, 4.69) is 0 Å². The molecule has 0 saturated heterocycles. The Labute approximate surface area is 50.9 Å². The van der Waals surface area contributed by atoms with E-state index in [0.29, 0.717) is 0 Å². The molecular formula is C4H9NO2S. The van der Waals surface area contributed by atoms with Crippen molar-refractivity contribution in [1.82, 2.24) is 0 Å². The van der Waals surface area contributed by atoms with Gasteiger partial charge in [0, 0.05) is 12.7 Å². The molecule has 0 bridgehead atoms. The highest BCUT2D eigenvalue weighted by Gasteiger charge is 1.65. The molecule has 0 saturated carbocycles. The van der Waals surface area contributed by atoms with Crippen molar-refractivity contribution in [1.29, 1.82) is 5.26 Å². The van der Waals surface area contributed by atoms with E-state index in [1.54, 1.807) is 13.0 Å². The quantitative estimate of drug-likeness (QED) is 0.520. The monoisotopic (exact) mass is 135 g/mol. The molecule has 3 nitrogen and oxygen atoms in total. The van der Waals surface area contributed by atoms with Crippen LogP contribution in [0.25, 0.3) is 0 Å². The maximum absolute atomic E-state index is 9.41. The number of nitriles is 1. The lowest BCUT2D eigenvalue weighted by molar-refractivity contribution is 0.615. The maximum atomic E-state index is 9.41. The van der Waals surface area contributed by atoms with E-state index in [4.69, 9.17) is 5.26 Å². The Balaban J connectivity index is 0. The minimum absolute atomic E-state index is 0.259. The molecule has 8 heavy (non-hydrogen) atoms. The zero-order valence-electron chi connectivity index (χ0n) is 4.92. The average molecular weight is 135 g/mol. The van der Waals surface area contributed by atoms with Crippen molar-refractivity contribution >= 4 is 10.7 Å². The highest BCUT2D eigenvalue weighted by Crippen LogP contribution is 1.53. The summed E-state index contributed by atoms with van der Waals surface area (Å²) in [5.41, 5.74) is 0. The van der Waals surface area contributed by atoms with Crippen molar-refractivity contribution in [2.24, 2.45) is 0 Å². The largest absolute Gasteiger partial charge is 0.232 e. The zero-order chi connectivity index (χ0) is 6.99. The highest BCUT2D eigenvalue weighted by atomic mass is 32.2. The van der Waals surface area contributed by atoms with Crippen molar-refractivity contribution < 1.29 is 8.42 Å². The number of hydrogen-bond donors (Lipinski definition) is 1. The lowest BCUT2D eigenvalue weighted by Gasteiger charge is -1.60. The summed E-state index contributed by atoms with van der Waals surface area (Å²) < 4.78 is 18.8. The first-order valence-electron chi connectivity index (χ1n) is 2.11. The number of thiol groups is 1. The van der Waals surface area contributed by atoms with Crippen LogP contribution in [0.4, 0.5) is 0 Å². The van der Waals surface area contributed by atoms with Crippen LogP contribution in [-0.2, 0) is 10.7 Å². The first-order valence-corrected chi connectivity index (χ1v) is 3.47. The smallest absolute Gasteiger partial charge is 0.139 e. The molecule has 0 amide bonds. The molecular weight excluding hydrogens is 126 g/mol. The Kier molecular flexibility index (Phi) is 12.6. The van der Waals surface area contributed by atoms with Gasteiger partial charge in [0.05, 0.1) is 6.07 Å². The topological polar surface area (TPSA) is 57.9 Å². The van der Waals surface area contributed by atoms with E-state index in [0.717, 1.165) is 0 Å². The lowest BCUT2D eigenvalue weighted by atomic mass is 11.0. The van der Waals surface area contributed by atoms with Crippen LogP contribution in [0.2, 0.25) is 0 Å². The molecule has 0 aliphatic carbocycles. The van der Waals surface area contributed by atoms with Crippen LogP contribution in [-0.4, -0.2) is 14.2 Å². The molecule has 0 radical (unpaired) electrons. The van der Waals surface area contributed by atoms with Gasteiger partial charge in [-0.2, -0.15) is 5.26 Å². The predicted molar refractivity (Wildman–Crippen MR) is 32.1 cm³/mol. The van der Waals surface area contributed by atoms with Gasteiger partial charge in [-0.3, -0.25) is 0 Å². The number of rotatable bonds is 1. The van der Waals surface area contributed by atoms with Crippen molar-refractivity contribution in [2.75, 3.05) is 5.75 Å². The van der Waals surface area contributed by atoms with E-state index < -0.39 is 10.7 Å². The zero-order valence-corrected chi connectivity index (χ0v) is 5.81. The van der Waals surface area contributed by atoms with Gasteiger partial charge in [0.15, 0.2) is 0 Å². The second kappa shape index (κ2) is 9.67. The molecule has 0 N–H and O–H groups in total. The molecule has 0 aliphatic rings. The molecule has 0 aromatic heterocycles. The molecule has 0 atom stereocenters. The van der Waals surface area contributed by atoms with Gasteiger partial charge in [0.25, 0.3) is 0 Å². The van der Waals surface area contributed by atoms with Crippen LogP contribution in [0.15, 0.2) is 0 Å². The minimum Gasteiger partial charge on any atom is -0.232 e. The standard InChI is InChI=1S/C2H3N.C2H6O2S/c1-2-3;1-2-5(3)4/h1H3;5H,2H2,1H3. The van der Waals surface area contributed by atoms with E-state index in [9.17, 15) is 8.42 Å². The third kappa shape index (κ3) is 51.7. The summed E-state index contributed by atoms with van der Waals surface area (Å²) in [5.74, 6) is 0.259. The van der Waals surface area contributed by atoms with E-state index in [-0.39, 0.29) is 5.75 Å². The van der Waals surface area contributed by atoms with Gasteiger partial charge >= 0.3 is 0 Å². The maximum Gasteiger partial charge on any atom is 0.139 e. The van der Waals surface area contributed by atoms with Crippen LogP contribution in [0, 0.1) is 11.3 Å². The first-order chi connectivity index (χ1) is 3.68. The summed E-state index contributed by atoms with van der Waals surface area (Å²) in [6.45, 7) is 3.03. The first kappa shape index (κ1) is 10.4. The summed E-state index contributed by atoms with van der Waals surface area (Å²) in [5, 5.41) is 7.32. The van der Waals surface area contributed by atoms with Gasteiger partial charge in [-0.25, -0.2) is 8.42 Å². The van der Waals surface area contributed by atoms with Gasteiger partial charge in [0.1, 0.15) is 10.7 Å². The molecule has 0 unspecified atom stereocenters. The molecule has 0 aromatic rings. The third-order valence-corrected chi connectivity index (χ3v) is 0.775.